The predicted molar refractivity (Wildman–Crippen MR) is 84.2 cm³/mol. The van der Waals surface area contributed by atoms with Crippen LogP contribution in [-0.2, 0) is 9.59 Å². The van der Waals surface area contributed by atoms with Crippen molar-refractivity contribution in [3.8, 4) is 0 Å². The highest BCUT2D eigenvalue weighted by molar-refractivity contribution is 5.94. The van der Waals surface area contributed by atoms with Crippen molar-refractivity contribution in [1.29, 1.82) is 0 Å². The Bertz CT molecular complexity index is 521. The van der Waals surface area contributed by atoms with Crippen molar-refractivity contribution in [3.05, 3.63) is 36.4 Å². The third-order valence-corrected chi connectivity index (χ3v) is 3.03. The first-order valence-corrected chi connectivity index (χ1v) is 6.82. The summed E-state index contributed by atoms with van der Waals surface area (Å²) in [7, 11) is 0. The highest BCUT2D eigenvalue weighted by Crippen LogP contribution is 2.20. The summed E-state index contributed by atoms with van der Waals surface area (Å²) in [6, 6.07) is 7.10. The fourth-order valence-electron chi connectivity index (χ4n) is 1.91. The van der Waals surface area contributed by atoms with E-state index < -0.39 is 6.23 Å². The molecule has 0 aromatic heterocycles. The maximum atomic E-state index is 11.6. The van der Waals surface area contributed by atoms with Gasteiger partial charge >= 0.3 is 0 Å². The van der Waals surface area contributed by atoms with Gasteiger partial charge in [0.1, 0.15) is 6.23 Å². The van der Waals surface area contributed by atoms with Crippen LogP contribution in [0.1, 0.15) is 27.2 Å². The van der Waals surface area contributed by atoms with Gasteiger partial charge in [-0.25, -0.2) is 0 Å². The van der Waals surface area contributed by atoms with E-state index in [1.165, 1.54) is 6.92 Å². The number of nitrogens with one attached hydrogen (secondary N) is 1. The lowest BCUT2D eigenvalue weighted by atomic mass is 10.1. The number of allylic oxidation sites excluding steroid dienone is 1. The van der Waals surface area contributed by atoms with E-state index in [1.807, 2.05) is 0 Å². The molecule has 1 aromatic rings. The number of carbonyl (C=O) groups excluding carboxylic acids is 2. The van der Waals surface area contributed by atoms with Crippen LogP contribution in [0.15, 0.2) is 36.4 Å². The molecule has 0 bridgehead atoms. The topological polar surface area (TPSA) is 69.6 Å². The minimum absolute atomic E-state index is 0.0180. The van der Waals surface area contributed by atoms with E-state index in [4.69, 9.17) is 0 Å². The van der Waals surface area contributed by atoms with Gasteiger partial charge in [-0.3, -0.25) is 9.59 Å². The van der Waals surface area contributed by atoms with Crippen molar-refractivity contribution in [2.24, 2.45) is 0 Å². The first-order valence-electron chi connectivity index (χ1n) is 6.82. The first kappa shape index (κ1) is 16.9. The molecular weight excluding hydrogens is 268 g/mol. The molecule has 1 unspecified atom stereocenters. The zero-order chi connectivity index (χ0) is 16.0. The van der Waals surface area contributed by atoms with Gasteiger partial charge in [-0.1, -0.05) is 6.58 Å². The molecule has 0 saturated carbocycles. The van der Waals surface area contributed by atoms with E-state index in [0.29, 0.717) is 24.2 Å². The van der Waals surface area contributed by atoms with Crippen LogP contribution in [0.4, 0.5) is 11.4 Å². The lowest BCUT2D eigenvalue weighted by molar-refractivity contribution is -0.115. The standard InChI is InChI=1S/C16H22N2O3/c1-11(2)16(21)9-10-18(13(4)20)15-7-5-14(6-8-15)17-12(3)19/h5-8,13,20H,1,9-10H2,2-4H3,(H,17,19). The fraction of sp³-hybridized carbons (Fsp3) is 0.375. The Morgan fingerprint density at radius 2 is 1.86 bits per heavy atom. The second kappa shape index (κ2) is 7.59. The third kappa shape index (κ3) is 5.39. The van der Waals surface area contributed by atoms with Gasteiger partial charge in [0.05, 0.1) is 0 Å². The highest BCUT2D eigenvalue weighted by atomic mass is 16.3. The van der Waals surface area contributed by atoms with Crippen molar-refractivity contribution in [2.75, 3.05) is 16.8 Å². The quantitative estimate of drug-likeness (QED) is 0.597. The van der Waals surface area contributed by atoms with Gasteiger partial charge < -0.3 is 15.3 Å². The molecule has 0 aliphatic heterocycles. The number of hydrogen-bond acceptors (Lipinski definition) is 4. The van der Waals surface area contributed by atoms with E-state index in [1.54, 1.807) is 43.0 Å². The van der Waals surface area contributed by atoms with Crippen molar-refractivity contribution in [1.82, 2.24) is 0 Å². The van der Waals surface area contributed by atoms with E-state index in [-0.39, 0.29) is 11.7 Å². The molecule has 1 aromatic carbocycles. The Morgan fingerprint density at radius 1 is 1.29 bits per heavy atom. The van der Waals surface area contributed by atoms with Crippen LogP contribution < -0.4 is 10.2 Å². The lowest BCUT2D eigenvalue weighted by Gasteiger charge is -2.27. The number of amides is 1. The monoisotopic (exact) mass is 290 g/mol. The van der Waals surface area contributed by atoms with Crippen LogP contribution in [0, 0.1) is 0 Å². The lowest BCUT2D eigenvalue weighted by Crippen LogP contribution is -2.34. The number of aliphatic hydroxyl groups excluding tert-OH is 1. The number of ketones is 1. The number of aliphatic hydroxyl groups is 1. The molecule has 1 atom stereocenters. The minimum atomic E-state index is -0.713. The van der Waals surface area contributed by atoms with Crippen LogP contribution in [0.2, 0.25) is 0 Å². The normalized spacial score (nSPS) is 11.6. The van der Waals surface area contributed by atoms with Crippen LogP contribution in [0.3, 0.4) is 0 Å². The molecule has 0 radical (unpaired) electrons. The van der Waals surface area contributed by atoms with Crippen LogP contribution >= 0.6 is 0 Å². The molecule has 5 nitrogen and oxygen atoms in total. The smallest absolute Gasteiger partial charge is 0.221 e. The van der Waals surface area contributed by atoms with Crippen molar-refractivity contribution < 1.29 is 14.7 Å². The number of nitrogens with zero attached hydrogens (tertiary/aromatic N) is 1. The summed E-state index contributed by atoms with van der Waals surface area (Å²) in [5, 5.41) is 12.5. The van der Waals surface area contributed by atoms with E-state index in [2.05, 4.69) is 11.9 Å². The number of hydrogen-bond donors (Lipinski definition) is 2. The van der Waals surface area contributed by atoms with Gasteiger partial charge in [0.25, 0.3) is 0 Å². The van der Waals surface area contributed by atoms with Crippen LogP contribution in [-0.4, -0.2) is 29.6 Å². The Kier molecular flexibility index (Phi) is 6.11. The summed E-state index contributed by atoms with van der Waals surface area (Å²) in [6.07, 6.45) is -0.414. The van der Waals surface area contributed by atoms with Gasteiger partial charge in [0.2, 0.25) is 5.91 Å². The van der Waals surface area contributed by atoms with Gasteiger partial charge in [-0.05, 0) is 43.7 Å². The summed E-state index contributed by atoms with van der Waals surface area (Å²) >= 11 is 0. The molecule has 0 fully saturated rings. The number of carbonyl (C=O) groups is 2. The average Bonchev–Trinajstić information content (AvgIpc) is 2.39. The van der Waals surface area contributed by atoms with Gasteiger partial charge in [0.15, 0.2) is 5.78 Å². The van der Waals surface area contributed by atoms with Crippen molar-refractivity contribution in [3.63, 3.8) is 0 Å². The first-order chi connectivity index (χ1) is 9.81. The van der Waals surface area contributed by atoms with Crippen molar-refractivity contribution >= 4 is 23.1 Å². The molecule has 21 heavy (non-hydrogen) atoms. The Morgan fingerprint density at radius 3 is 2.29 bits per heavy atom. The van der Waals surface area contributed by atoms with Gasteiger partial charge in [-0.15, -0.1) is 0 Å². The number of Topliss-reactive ketones (excluding diaryl/α,β-unsaturated/α-hetero) is 1. The number of anilines is 2. The number of rotatable bonds is 7. The molecule has 5 heteroatoms. The highest BCUT2D eigenvalue weighted by Gasteiger charge is 2.14. The maximum absolute atomic E-state index is 11.6. The second-order valence-corrected chi connectivity index (χ2v) is 5.01. The third-order valence-electron chi connectivity index (χ3n) is 3.03. The molecule has 0 aliphatic rings. The molecule has 0 heterocycles. The Balaban J connectivity index is 2.78. The zero-order valence-corrected chi connectivity index (χ0v) is 12.7. The van der Waals surface area contributed by atoms with Crippen LogP contribution in [0.25, 0.3) is 0 Å². The van der Waals surface area contributed by atoms with E-state index in [0.717, 1.165) is 5.69 Å². The molecule has 0 aliphatic carbocycles. The molecule has 1 amide bonds. The van der Waals surface area contributed by atoms with E-state index in [9.17, 15) is 14.7 Å². The molecule has 114 valence electrons. The summed E-state index contributed by atoms with van der Waals surface area (Å²) < 4.78 is 0. The SMILES string of the molecule is C=C(C)C(=O)CCN(c1ccc(NC(C)=O)cc1)C(C)O. The van der Waals surface area contributed by atoms with E-state index >= 15 is 0 Å². The summed E-state index contributed by atoms with van der Waals surface area (Å²) in [5.41, 5.74) is 1.99. The summed E-state index contributed by atoms with van der Waals surface area (Å²) in [6.45, 7) is 8.79. The Labute approximate surface area is 125 Å². The molecule has 1 rings (SSSR count). The zero-order valence-electron chi connectivity index (χ0n) is 12.7. The largest absolute Gasteiger partial charge is 0.374 e. The van der Waals surface area contributed by atoms with Gasteiger partial charge in [-0.2, -0.15) is 0 Å². The van der Waals surface area contributed by atoms with Gasteiger partial charge in [0, 0.05) is 31.3 Å². The second-order valence-electron chi connectivity index (χ2n) is 5.01. The maximum Gasteiger partial charge on any atom is 0.221 e. The predicted octanol–water partition coefficient (Wildman–Crippen LogP) is 2.33. The summed E-state index contributed by atoms with van der Waals surface area (Å²) in [4.78, 5) is 24.3. The molecule has 2 N–H and O–H groups in total. The number of benzene rings is 1. The van der Waals surface area contributed by atoms with Crippen molar-refractivity contribution in [2.45, 2.75) is 33.4 Å². The van der Waals surface area contributed by atoms with Crippen LogP contribution in [0.5, 0.6) is 0 Å². The minimum Gasteiger partial charge on any atom is -0.374 e. The molecular formula is C16H22N2O3. The molecule has 0 spiro atoms. The molecule has 0 saturated heterocycles. The average molecular weight is 290 g/mol. The summed E-state index contributed by atoms with van der Waals surface area (Å²) in [5.74, 6) is -0.155. The Hall–Kier alpha value is -2.14. The fourth-order valence-corrected chi connectivity index (χ4v) is 1.91.